The van der Waals surface area contributed by atoms with Crippen LogP contribution in [0.2, 0.25) is 0 Å². The second-order valence-electron chi connectivity index (χ2n) is 4.92. The van der Waals surface area contributed by atoms with E-state index in [1.165, 1.54) is 0 Å². The van der Waals surface area contributed by atoms with Crippen LogP contribution in [0.25, 0.3) is 0 Å². The largest absolute Gasteiger partial charge is 0.375 e. The summed E-state index contributed by atoms with van der Waals surface area (Å²) in [6.07, 6.45) is 1.97. The van der Waals surface area contributed by atoms with Gasteiger partial charge >= 0.3 is 0 Å². The maximum Gasteiger partial charge on any atom is 0.224 e. The minimum Gasteiger partial charge on any atom is -0.375 e. The summed E-state index contributed by atoms with van der Waals surface area (Å²) in [5.41, 5.74) is 1.09. The second-order valence-corrected chi connectivity index (χ2v) is 4.92. The van der Waals surface area contributed by atoms with Gasteiger partial charge in [0.05, 0.1) is 12.0 Å². The molecule has 0 aromatic heterocycles. The molecule has 2 atom stereocenters. The minimum atomic E-state index is -0.0818. The van der Waals surface area contributed by atoms with Crippen molar-refractivity contribution in [3.05, 3.63) is 35.9 Å². The van der Waals surface area contributed by atoms with Crippen molar-refractivity contribution in [3.63, 3.8) is 0 Å². The van der Waals surface area contributed by atoms with Crippen LogP contribution >= 0.6 is 0 Å². The van der Waals surface area contributed by atoms with E-state index < -0.39 is 0 Å². The molecule has 1 aromatic carbocycles. The third-order valence-corrected chi connectivity index (χ3v) is 3.59. The lowest BCUT2D eigenvalue weighted by molar-refractivity contribution is -0.126. The molecule has 19 heavy (non-hydrogen) atoms. The zero-order valence-electron chi connectivity index (χ0n) is 11.4. The van der Waals surface area contributed by atoms with Gasteiger partial charge in [0.25, 0.3) is 0 Å². The molecule has 0 bridgehead atoms. The summed E-state index contributed by atoms with van der Waals surface area (Å²) >= 11 is 0. The van der Waals surface area contributed by atoms with E-state index in [9.17, 15) is 4.79 Å². The molecule has 4 heteroatoms. The van der Waals surface area contributed by atoms with E-state index in [1.54, 1.807) is 7.11 Å². The zero-order valence-corrected chi connectivity index (χ0v) is 11.4. The van der Waals surface area contributed by atoms with Crippen molar-refractivity contribution in [1.82, 2.24) is 10.6 Å². The Morgan fingerprint density at radius 2 is 2.26 bits per heavy atom. The van der Waals surface area contributed by atoms with Crippen LogP contribution < -0.4 is 10.6 Å². The van der Waals surface area contributed by atoms with Gasteiger partial charge in [0, 0.05) is 20.2 Å². The molecular formula is C15H22N2O2. The molecule has 1 heterocycles. The van der Waals surface area contributed by atoms with E-state index in [0.29, 0.717) is 6.54 Å². The van der Waals surface area contributed by atoms with Crippen LogP contribution in [0, 0.1) is 5.92 Å². The van der Waals surface area contributed by atoms with Crippen molar-refractivity contribution in [2.75, 3.05) is 26.7 Å². The van der Waals surface area contributed by atoms with Crippen LogP contribution in [0.4, 0.5) is 0 Å². The summed E-state index contributed by atoms with van der Waals surface area (Å²) in [6.45, 7) is 2.33. The predicted molar refractivity (Wildman–Crippen MR) is 74.8 cm³/mol. The number of hydrogen-bond acceptors (Lipinski definition) is 3. The number of methoxy groups -OCH3 is 1. The standard InChI is InChI=1S/C15H22N2O2/c1-19-14(12-6-3-2-4-7-12)11-17-15(18)13-8-5-9-16-10-13/h2-4,6-7,13-14,16H,5,8-11H2,1H3,(H,17,18). The first-order valence-electron chi connectivity index (χ1n) is 6.87. The minimum absolute atomic E-state index is 0.0818. The number of amides is 1. The fourth-order valence-corrected chi connectivity index (χ4v) is 2.42. The monoisotopic (exact) mass is 262 g/mol. The molecule has 1 aromatic rings. The highest BCUT2D eigenvalue weighted by Gasteiger charge is 2.21. The summed E-state index contributed by atoms with van der Waals surface area (Å²) in [6, 6.07) is 9.97. The second kappa shape index (κ2) is 7.26. The Labute approximate surface area is 114 Å². The van der Waals surface area contributed by atoms with Gasteiger partial charge in [-0.15, -0.1) is 0 Å². The number of ether oxygens (including phenoxy) is 1. The normalized spacial score (nSPS) is 20.8. The molecule has 0 spiro atoms. The van der Waals surface area contributed by atoms with Crippen LogP contribution in [0.1, 0.15) is 24.5 Å². The molecule has 104 valence electrons. The highest BCUT2D eigenvalue weighted by molar-refractivity contribution is 5.79. The molecule has 2 unspecified atom stereocenters. The van der Waals surface area contributed by atoms with Gasteiger partial charge in [-0.2, -0.15) is 0 Å². The van der Waals surface area contributed by atoms with Crippen LogP contribution in [-0.2, 0) is 9.53 Å². The maximum atomic E-state index is 12.0. The molecule has 1 aliphatic heterocycles. The lowest BCUT2D eigenvalue weighted by Crippen LogP contribution is -2.41. The van der Waals surface area contributed by atoms with Crippen LogP contribution in [0.5, 0.6) is 0 Å². The molecule has 1 amide bonds. The zero-order chi connectivity index (χ0) is 13.5. The van der Waals surface area contributed by atoms with E-state index in [-0.39, 0.29) is 17.9 Å². The van der Waals surface area contributed by atoms with E-state index >= 15 is 0 Å². The van der Waals surface area contributed by atoms with Gasteiger partial charge in [0.1, 0.15) is 0 Å². The predicted octanol–water partition coefficient (Wildman–Crippen LogP) is 1.49. The van der Waals surface area contributed by atoms with Gasteiger partial charge in [0.2, 0.25) is 5.91 Å². The van der Waals surface area contributed by atoms with Gasteiger partial charge in [-0.1, -0.05) is 30.3 Å². The topological polar surface area (TPSA) is 50.4 Å². The van der Waals surface area contributed by atoms with E-state index in [4.69, 9.17) is 4.74 Å². The Kier molecular flexibility index (Phi) is 5.36. The van der Waals surface area contributed by atoms with Crippen molar-refractivity contribution in [3.8, 4) is 0 Å². The molecule has 1 fully saturated rings. The van der Waals surface area contributed by atoms with Crippen LogP contribution in [-0.4, -0.2) is 32.7 Å². The highest BCUT2D eigenvalue weighted by Crippen LogP contribution is 2.16. The number of benzene rings is 1. The number of rotatable bonds is 5. The summed E-state index contributed by atoms with van der Waals surface area (Å²) in [4.78, 5) is 12.0. The van der Waals surface area contributed by atoms with Crippen molar-refractivity contribution in [2.45, 2.75) is 18.9 Å². The van der Waals surface area contributed by atoms with Crippen molar-refractivity contribution >= 4 is 5.91 Å². The molecule has 2 N–H and O–H groups in total. The van der Waals surface area contributed by atoms with Crippen LogP contribution in [0.15, 0.2) is 30.3 Å². The van der Waals surface area contributed by atoms with E-state index in [1.807, 2.05) is 30.3 Å². The number of piperidine rings is 1. The van der Waals surface area contributed by atoms with Gasteiger partial charge in [-0.3, -0.25) is 4.79 Å². The van der Waals surface area contributed by atoms with E-state index in [2.05, 4.69) is 10.6 Å². The average Bonchev–Trinajstić information content (AvgIpc) is 2.49. The Bertz CT molecular complexity index is 388. The highest BCUT2D eigenvalue weighted by atomic mass is 16.5. The van der Waals surface area contributed by atoms with Gasteiger partial charge in [-0.25, -0.2) is 0 Å². The van der Waals surface area contributed by atoms with E-state index in [0.717, 1.165) is 31.5 Å². The average molecular weight is 262 g/mol. The third-order valence-electron chi connectivity index (χ3n) is 3.59. The summed E-state index contributed by atoms with van der Waals surface area (Å²) in [5, 5.41) is 6.25. The van der Waals surface area contributed by atoms with Crippen molar-refractivity contribution in [1.29, 1.82) is 0 Å². The first-order valence-corrected chi connectivity index (χ1v) is 6.87. The van der Waals surface area contributed by atoms with Gasteiger partial charge in [0.15, 0.2) is 0 Å². The maximum absolute atomic E-state index is 12.0. The fourth-order valence-electron chi connectivity index (χ4n) is 2.42. The summed E-state index contributed by atoms with van der Waals surface area (Å²) < 4.78 is 5.44. The molecule has 0 radical (unpaired) electrons. The first kappa shape index (κ1) is 14.0. The SMILES string of the molecule is COC(CNC(=O)C1CCCNC1)c1ccccc1. The Morgan fingerprint density at radius 1 is 1.47 bits per heavy atom. The number of nitrogens with one attached hydrogen (secondary N) is 2. The fraction of sp³-hybridized carbons (Fsp3) is 0.533. The molecule has 0 aliphatic carbocycles. The first-order chi connectivity index (χ1) is 9.31. The van der Waals surface area contributed by atoms with Crippen molar-refractivity contribution in [2.24, 2.45) is 5.92 Å². The number of carbonyl (C=O) groups is 1. The summed E-state index contributed by atoms with van der Waals surface area (Å²) in [7, 11) is 1.67. The Hall–Kier alpha value is -1.39. The molecule has 1 saturated heterocycles. The quantitative estimate of drug-likeness (QED) is 0.845. The molecule has 1 aliphatic rings. The lowest BCUT2D eigenvalue weighted by Gasteiger charge is -2.23. The molecule has 2 rings (SSSR count). The third kappa shape index (κ3) is 4.04. The molecule has 0 saturated carbocycles. The smallest absolute Gasteiger partial charge is 0.224 e. The number of carbonyl (C=O) groups excluding carboxylic acids is 1. The van der Waals surface area contributed by atoms with Crippen LogP contribution in [0.3, 0.4) is 0 Å². The Balaban J connectivity index is 1.84. The molecule has 4 nitrogen and oxygen atoms in total. The number of hydrogen-bond donors (Lipinski definition) is 2. The van der Waals surface area contributed by atoms with Gasteiger partial charge < -0.3 is 15.4 Å². The summed E-state index contributed by atoms with van der Waals surface area (Å²) in [5.74, 6) is 0.229. The molecular weight excluding hydrogens is 240 g/mol. The lowest BCUT2D eigenvalue weighted by atomic mass is 9.98. The Morgan fingerprint density at radius 3 is 2.89 bits per heavy atom. The van der Waals surface area contributed by atoms with Crippen molar-refractivity contribution < 1.29 is 9.53 Å². The van der Waals surface area contributed by atoms with Gasteiger partial charge in [-0.05, 0) is 24.9 Å².